The Morgan fingerprint density at radius 3 is 0.939 bits per heavy atom. The number of carboxylic acids is 4. The Morgan fingerprint density at radius 2 is 0.657 bits per heavy atom. The molecule has 4 aliphatic rings. The van der Waals surface area contributed by atoms with E-state index in [2.05, 4.69) is 113 Å². The SMILES string of the molecule is CC.CCC1=C(C)c2cc3[n-]c(cc4nc(cc5[n-]c(cc1n2)c(C)c5CCC(=O)O)C(CCC(=O)O)=C4C)c(C)c3CC.CCCC1=C(C)c2cc3[n-]c(cc4nc(cc5[n-]c(cc1n2)c(CCC)c5C)C(CC)=C4C)c(CC)c3C.C[CH+]C.[Cl-].[Co+2].[Co].[NH-]CC(=O)O.[NH-]CC(=O)[O-].[Na+]. The van der Waals surface area contributed by atoms with Gasteiger partial charge in [0, 0.05) is 35.6 Å². The van der Waals surface area contributed by atoms with Gasteiger partial charge in [0.1, 0.15) is 0 Å². The number of rotatable bonds is 16. The normalized spacial score (nSPS) is 11.8. The Bertz CT molecular complexity index is 4330. The van der Waals surface area contributed by atoms with Gasteiger partial charge in [-0.15, -0.1) is 50.7 Å². The summed E-state index contributed by atoms with van der Waals surface area (Å²) in [6.07, 6.45) is 10.3. The quantitative estimate of drug-likeness (QED) is 0.0599. The van der Waals surface area contributed by atoms with Crippen molar-refractivity contribution in [3.8, 4) is 0 Å². The molecule has 532 valence electrons. The van der Waals surface area contributed by atoms with Gasteiger partial charge in [0.2, 0.25) is 0 Å². The zero-order chi connectivity index (χ0) is 70.7. The minimum Gasteiger partial charge on any atom is -1.00 e. The molecule has 0 spiro atoms. The number of aryl methyl sites for hydroxylation is 8. The van der Waals surface area contributed by atoms with Crippen LogP contribution in [0.3, 0.4) is 0 Å². The van der Waals surface area contributed by atoms with E-state index >= 15 is 0 Å². The molecule has 99 heavy (non-hydrogen) atoms. The van der Waals surface area contributed by atoms with Crippen LogP contribution in [0, 0.1) is 34.1 Å². The van der Waals surface area contributed by atoms with Crippen molar-refractivity contribution in [2.75, 3.05) is 13.1 Å². The number of halogens is 1. The van der Waals surface area contributed by atoms with E-state index in [1.807, 2.05) is 66.2 Å². The molecule has 0 atom stereocenters. The van der Waals surface area contributed by atoms with Crippen molar-refractivity contribution >= 4 is 113 Å². The van der Waals surface area contributed by atoms with Crippen molar-refractivity contribution in [3.63, 3.8) is 0 Å². The monoisotopic (exact) mass is 1460 g/mol. The van der Waals surface area contributed by atoms with E-state index in [0.29, 0.717) is 24.1 Å². The molecule has 4 aliphatic heterocycles. The maximum atomic E-state index is 11.5. The fourth-order valence-electron chi connectivity index (χ4n) is 12.1. The molecule has 0 unspecified atom stereocenters. The summed E-state index contributed by atoms with van der Waals surface area (Å²) in [7, 11) is 0. The maximum absolute atomic E-state index is 11.5. The van der Waals surface area contributed by atoms with Crippen LogP contribution in [0.15, 0.2) is 48.5 Å². The summed E-state index contributed by atoms with van der Waals surface area (Å²) >= 11 is 0. The van der Waals surface area contributed by atoms with Gasteiger partial charge in [0.05, 0.1) is 65.8 Å². The van der Waals surface area contributed by atoms with Gasteiger partial charge < -0.3 is 69.0 Å². The molecule has 6 aromatic heterocycles. The van der Waals surface area contributed by atoms with Crippen LogP contribution < -0.4 is 67.0 Å². The number of carbonyl (C=O) groups excluding carboxylic acids is 1. The van der Waals surface area contributed by atoms with E-state index in [0.717, 1.165) is 169 Å². The zero-order valence-electron chi connectivity index (χ0n) is 61.1. The fraction of sp³-hybridized carbons (Fsp3) is 0.416. The summed E-state index contributed by atoms with van der Waals surface area (Å²) < 4.78 is 0. The van der Waals surface area contributed by atoms with Crippen molar-refractivity contribution in [1.82, 2.24) is 39.9 Å². The van der Waals surface area contributed by atoms with Gasteiger partial charge in [-0.3, -0.25) is 14.4 Å². The van der Waals surface area contributed by atoms with Crippen molar-refractivity contribution < 1.29 is 115 Å². The molecule has 0 aromatic carbocycles. The average molecular weight is 1470 g/mol. The average Bonchev–Trinajstić information content (AvgIpc) is 1.63. The van der Waals surface area contributed by atoms with Crippen molar-refractivity contribution in [2.45, 2.75) is 202 Å². The third-order valence-electron chi connectivity index (χ3n) is 17.2. The van der Waals surface area contributed by atoms with Crippen LogP contribution in [0.25, 0.3) is 100 Å². The number of carboxylic acid groups (broad SMARTS) is 4. The molecule has 22 heteroatoms. The van der Waals surface area contributed by atoms with Crippen molar-refractivity contribution in [1.29, 1.82) is 0 Å². The van der Waals surface area contributed by atoms with E-state index < -0.39 is 37.0 Å². The maximum Gasteiger partial charge on any atom is 2.00 e. The first kappa shape index (κ1) is 90.2. The van der Waals surface area contributed by atoms with Gasteiger partial charge in [-0.1, -0.05) is 168 Å². The Morgan fingerprint density at radius 1 is 0.414 bits per heavy atom. The van der Waals surface area contributed by atoms with E-state index in [1.165, 1.54) is 50.1 Å². The Kier molecular flexibility index (Phi) is 38.7. The first-order valence-electron chi connectivity index (χ1n) is 33.2. The number of nitrogens with zero attached hydrogens (tertiary/aromatic N) is 8. The summed E-state index contributed by atoms with van der Waals surface area (Å²) in [6.45, 7) is 36.9. The van der Waals surface area contributed by atoms with Gasteiger partial charge in [-0.2, -0.15) is 0 Å². The van der Waals surface area contributed by atoms with Gasteiger partial charge in [0.15, 0.2) is 0 Å². The van der Waals surface area contributed by atoms with Crippen LogP contribution in [0.1, 0.15) is 238 Å². The van der Waals surface area contributed by atoms with Crippen molar-refractivity contribution in [3.05, 3.63) is 156 Å². The second-order valence-corrected chi connectivity index (χ2v) is 23.4. The summed E-state index contributed by atoms with van der Waals surface area (Å²) in [5.41, 5.74) is 44.8. The number of hydrogen-bond acceptors (Lipinski definition) is 9. The molecule has 5 N–H and O–H groups in total. The molecule has 16 bridgehead atoms. The summed E-state index contributed by atoms with van der Waals surface area (Å²) in [5, 5.41) is 35.5. The second kappa shape index (κ2) is 42.4. The molecule has 0 saturated heterocycles. The smallest absolute Gasteiger partial charge is 1.00 e. The van der Waals surface area contributed by atoms with Crippen LogP contribution in [0.2, 0.25) is 0 Å². The molecule has 0 saturated carbocycles. The molecule has 18 nitrogen and oxygen atoms in total. The Balaban J connectivity index is 0.000000798. The molecule has 0 amide bonds. The van der Waals surface area contributed by atoms with Crippen LogP contribution in [-0.4, -0.2) is 72.2 Å². The zero-order valence-corrected chi connectivity index (χ0v) is 65.9. The minimum absolute atomic E-state index is 0. The largest absolute Gasteiger partial charge is 2.00 e. The molecule has 0 aliphatic carbocycles. The van der Waals surface area contributed by atoms with E-state index in [9.17, 15) is 24.6 Å². The predicted molar refractivity (Wildman–Crippen MR) is 386 cm³/mol. The van der Waals surface area contributed by atoms with Crippen LogP contribution in [0.4, 0.5) is 0 Å². The summed E-state index contributed by atoms with van der Waals surface area (Å²) in [6, 6.07) is 16.7. The van der Waals surface area contributed by atoms with E-state index in [-0.39, 0.29) is 88.4 Å². The summed E-state index contributed by atoms with van der Waals surface area (Å²) in [4.78, 5) is 82.0. The van der Waals surface area contributed by atoms with Crippen LogP contribution in [-0.2, 0) is 78.4 Å². The third-order valence-corrected chi connectivity index (χ3v) is 17.2. The number of fused-ring (bicyclic) bond motifs is 16. The first-order chi connectivity index (χ1) is 45.3. The number of allylic oxidation sites excluding steroid dienone is 8. The standard InChI is InChI=1S/C34H38N4O4.C34H40N4.C3H7.2C2H4NO2.C2H6.ClH.2Co.Na/c1-7-21-17(3)25-13-26-19(5)23(9-11-33(39)40)31(37-26)16-32-24(10-12-34(41)42)20(6)28(38-32)15-30-22(8-2)18(4)27(36-30)14-29(21)35-25;1-9-13-25-21(7)28-15-27-19(5)23(11-3)31(35-27)16-29-20(6)24(12-4)32(36-29)17-30-22(8)26(14-10-2)34(38-30)18-33(25)37-28;1-3-2;2*3-1-2(4)5;1-2;;;;/h13-16H,7-12H2,1-6H3,(H4,35,36,37,38,39,40,41,42);15-18H,9-14H2,1-8H3;3H,1-2H3;2*3H,1H2,(H,4,5);1-2H3;1H;;;/q;-2;+1;2*-1;;;;+2;+1/p-4. The van der Waals surface area contributed by atoms with E-state index in [1.54, 1.807) is 0 Å². The van der Waals surface area contributed by atoms with Gasteiger partial charge in [-0.25, -0.2) is 19.9 Å². The van der Waals surface area contributed by atoms with Gasteiger partial charge in [-0.05, 0) is 151 Å². The number of hydrogen-bond donors (Lipinski definition) is 3. The predicted octanol–water partition coefficient (Wildman–Crippen LogP) is 10.9. The molecule has 2 radical (unpaired) electrons. The Labute approximate surface area is 633 Å². The minimum atomic E-state index is -1.33. The molecule has 6 aromatic rings. The van der Waals surface area contributed by atoms with Crippen LogP contribution in [0.5, 0.6) is 0 Å². The Hall–Kier alpha value is -6.83. The van der Waals surface area contributed by atoms with Crippen molar-refractivity contribution in [2.24, 2.45) is 0 Å². The molecule has 0 fully saturated rings. The summed E-state index contributed by atoms with van der Waals surface area (Å²) in [5.74, 6) is -4.16. The number of carbonyl (C=O) groups is 4. The molecular weight excluding hydrogens is 1370 g/mol. The van der Waals surface area contributed by atoms with Crippen LogP contribution >= 0.6 is 0 Å². The number of aromatic nitrogens is 8. The topological polar surface area (TPSA) is 308 Å². The van der Waals surface area contributed by atoms with Gasteiger partial charge in [0.25, 0.3) is 5.97 Å². The fourth-order valence-corrected chi connectivity index (χ4v) is 12.1. The molecule has 10 heterocycles. The van der Waals surface area contributed by atoms with Gasteiger partial charge >= 0.3 is 58.3 Å². The first-order valence-corrected chi connectivity index (χ1v) is 33.2. The second-order valence-electron chi connectivity index (χ2n) is 23.4. The number of nitrogens with one attached hydrogen (secondary N) is 2. The third kappa shape index (κ3) is 22.1. The van der Waals surface area contributed by atoms with E-state index in [4.69, 9.17) is 66.3 Å². The molecular formula is C77H96ClCo2N10NaO8-4. The number of aliphatic carboxylic acids is 4. The molecule has 10 rings (SSSR count).